The third kappa shape index (κ3) is 3.84. The van der Waals surface area contributed by atoms with Gasteiger partial charge in [0.25, 0.3) is 0 Å². The predicted molar refractivity (Wildman–Crippen MR) is 87.1 cm³/mol. The molecule has 2 heteroatoms. The smallest absolute Gasteiger partial charge is 0.0450 e. The molecule has 0 saturated heterocycles. The van der Waals surface area contributed by atoms with Crippen LogP contribution in [0, 0.1) is 0 Å². The SMILES string of the molecule is CCc1ccc(C(CC)NCc2ccccc2Cl)cc1. The average Bonchev–Trinajstić information content (AvgIpc) is 2.50. The van der Waals surface area contributed by atoms with Gasteiger partial charge < -0.3 is 5.32 Å². The van der Waals surface area contributed by atoms with Gasteiger partial charge in [-0.05, 0) is 35.6 Å². The van der Waals surface area contributed by atoms with Crippen LogP contribution in [0.3, 0.4) is 0 Å². The van der Waals surface area contributed by atoms with Crippen LogP contribution >= 0.6 is 11.6 Å². The zero-order chi connectivity index (χ0) is 14.4. The second kappa shape index (κ2) is 7.47. The number of benzene rings is 2. The van der Waals surface area contributed by atoms with E-state index in [0.717, 1.165) is 30.0 Å². The molecule has 1 nitrogen and oxygen atoms in total. The number of halogens is 1. The Labute approximate surface area is 127 Å². The van der Waals surface area contributed by atoms with Crippen molar-refractivity contribution in [1.82, 2.24) is 5.32 Å². The lowest BCUT2D eigenvalue weighted by Crippen LogP contribution is -2.20. The van der Waals surface area contributed by atoms with Crippen molar-refractivity contribution in [3.8, 4) is 0 Å². The summed E-state index contributed by atoms with van der Waals surface area (Å²) in [5.41, 5.74) is 3.88. The molecule has 0 spiro atoms. The van der Waals surface area contributed by atoms with Gasteiger partial charge in [-0.15, -0.1) is 0 Å². The van der Waals surface area contributed by atoms with Crippen molar-refractivity contribution in [3.05, 3.63) is 70.2 Å². The largest absolute Gasteiger partial charge is 0.306 e. The fourth-order valence-corrected chi connectivity index (χ4v) is 2.56. The maximum absolute atomic E-state index is 6.20. The zero-order valence-electron chi connectivity index (χ0n) is 12.2. The van der Waals surface area contributed by atoms with Gasteiger partial charge in [0, 0.05) is 17.6 Å². The van der Waals surface area contributed by atoms with Crippen LogP contribution in [0.4, 0.5) is 0 Å². The number of rotatable bonds is 6. The van der Waals surface area contributed by atoms with Gasteiger partial charge in [0.05, 0.1) is 0 Å². The molecule has 20 heavy (non-hydrogen) atoms. The molecule has 0 bridgehead atoms. The van der Waals surface area contributed by atoms with Crippen molar-refractivity contribution in [2.24, 2.45) is 0 Å². The summed E-state index contributed by atoms with van der Waals surface area (Å²) in [4.78, 5) is 0. The van der Waals surface area contributed by atoms with E-state index in [1.54, 1.807) is 0 Å². The summed E-state index contributed by atoms with van der Waals surface area (Å²) < 4.78 is 0. The first-order chi connectivity index (χ1) is 9.74. The molecule has 0 radical (unpaired) electrons. The van der Waals surface area contributed by atoms with E-state index >= 15 is 0 Å². The first-order valence-electron chi connectivity index (χ1n) is 7.30. The minimum absolute atomic E-state index is 0.372. The Morgan fingerprint density at radius 1 is 1.00 bits per heavy atom. The van der Waals surface area contributed by atoms with Gasteiger partial charge in [-0.2, -0.15) is 0 Å². The van der Waals surface area contributed by atoms with E-state index in [9.17, 15) is 0 Å². The van der Waals surface area contributed by atoms with E-state index in [1.807, 2.05) is 18.2 Å². The first kappa shape index (κ1) is 15.1. The van der Waals surface area contributed by atoms with Crippen LogP contribution in [0.5, 0.6) is 0 Å². The molecule has 0 aromatic heterocycles. The average molecular weight is 288 g/mol. The number of nitrogens with one attached hydrogen (secondary N) is 1. The van der Waals surface area contributed by atoms with E-state index in [1.165, 1.54) is 11.1 Å². The highest BCUT2D eigenvalue weighted by molar-refractivity contribution is 6.31. The highest BCUT2D eigenvalue weighted by atomic mass is 35.5. The Morgan fingerprint density at radius 2 is 1.70 bits per heavy atom. The first-order valence-corrected chi connectivity index (χ1v) is 7.68. The van der Waals surface area contributed by atoms with Gasteiger partial charge in [0.15, 0.2) is 0 Å². The monoisotopic (exact) mass is 287 g/mol. The van der Waals surface area contributed by atoms with E-state index in [-0.39, 0.29) is 0 Å². The van der Waals surface area contributed by atoms with E-state index in [2.05, 4.69) is 49.5 Å². The molecule has 0 saturated carbocycles. The molecule has 0 aliphatic carbocycles. The van der Waals surface area contributed by atoms with Crippen LogP contribution in [0.25, 0.3) is 0 Å². The number of hydrogen-bond acceptors (Lipinski definition) is 1. The Bertz CT molecular complexity index is 533. The van der Waals surface area contributed by atoms with E-state index in [0.29, 0.717) is 6.04 Å². The molecule has 0 aliphatic heterocycles. The third-order valence-corrected chi connectivity index (χ3v) is 4.06. The van der Waals surface area contributed by atoms with Gasteiger partial charge >= 0.3 is 0 Å². The van der Waals surface area contributed by atoms with Crippen LogP contribution in [-0.2, 0) is 13.0 Å². The molecular weight excluding hydrogens is 266 g/mol. The van der Waals surface area contributed by atoms with E-state index in [4.69, 9.17) is 11.6 Å². The second-order valence-corrected chi connectivity index (χ2v) is 5.44. The number of hydrogen-bond donors (Lipinski definition) is 1. The Morgan fingerprint density at radius 3 is 2.30 bits per heavy atom. The molecule has 1 atom stereocenters. The van der Waals surface area contributed by atoms with Gasteiger partial charge in [-0.25, -0.2) is 0 Å². The maximum Gasteiger partial charge on any atom is 0.0450 e. The highest BCUT2D eigenvalue weighted by Gasteiger charge is 2.09. The summed E-state index contributed by atoms with van der Waals surface area (Å²) in [5, 5.41) is 4.43. The summed E-state index contributed by atoms with van der Waals surface area (Å²) in [6.45, 7) is 5.19. The van der Waals surface area contributed by atoms with Crippen molar-refractivity contribution in [2.75, 3.05) is 0 Å². The van der Waals surface area contributed by atoms with Gasteiger partial charge in [0.2, 0.25) is 0 Å². The van der Waals surface area contributed by atoms with E-state index < -0.39 is 0 Å². The fourth-order valence-electron chi connectivity index (χ4n) is 2.36. The molecule has 1 unspecified atom stereocenters. The Hall–Kier alpha value is -1.31. The van der Waals surface area contributed by atoms with Crippen LogP contribution in [0.2, 0.25) is 5.02 Å². The molecule has 1 N–H and O–H groups in total. The van der Waals surface area contributed by atoms with Crippen LogP contribution in [0.1, 0.15) is 43.0 Å². The van der Waals surface area contributed by atoms with Gasteiger partial charge in [-0.1, -0.05) is 67.9 Å². The van der Waals surface area contributed by atoms with Crippen molar-refractivity contribution in [2.45, 2.75) is 39.3 Å². The van der Waals surface area contributed by atoms with Crippen molar-refractivity contribution in [3.63, 3.8) is 0 Å². The van der Waals surface area contributed by atoms with Crippen LogP contribution in [0.15, 0.2) is 48.5 Å². The molecule has 0 heterocycles. The molecule has 106 valence electrons. The molecule has 2 aromatic rings. The molecule has 2 aromatic carbocycles. The molecule has 2 rings (SSSR count). The lowest BCUT2D eigenvalue weighted by molar-refractivity contribution is 0.519. The van der Waals surface area contributed by atoms with Crippen LogP contribution in [-0.4, -0.2) is 0 Å². The lowest BCUT2D eigenvalue weighted by atomic mass is 10.0. The van der Waals surface area contributed by atoms with Crippen molar-refractivity contribution in [1.29, 1.82) is 0 Å². The molecule has 0 amide bonds. The molecular formula is C18H22ClN. The summed E-state index contributed by atoms with van der Waals surface area (Å²) in [6, 6.07) is 17.3. The van der Waals surface area contributed by atoms with Crippen molar-refractivity contribution < 1.29 is 0 Å². The third-order valence-electron chi connectivity index (χ3n) is 3.70. The Balaban J connectivity index is 2.03. The van der Waals surface area contributed by atoms with Crippen molar-refractivity contribution >= 4 is 11.6 Å². The summed E-state index contributed by atoms with van der Waals surface area (Å²) in [7, 11) is 0. The van der Waals surface area contributed by atoms with Crippen LogP contribution < -0.4 is 5.32 Å². The van der Waals surface area contributed by atoms with Gasteiger partial charge in [-0.3, -0.25) is 0 Å². The number of aryl methyl sites for hydroxylation is 1. The predicted octanol–water partition coefficient (Wildman–Crippen LogP) is 5.14. The summed E-state index contributed by atoms with van der Waals surface area (Å²) >= 11 is 6.20. The second-order valence-electron chi connectivity index (χ2n) is 5.03. The minimum Gasteiger partial charge on any atom is -0.306 e. The normalized spacial score (nSPS) is 12.3. The molecule has 0 fully saturated rings. The quantitative estimate of drug-likeness (QED) is 0.775. The van der Waals surface area contributed by atoms with Gasteiger partial charge in [0.1, 0.15) is 0 Å². The standard InChI is InChI=1S/C18H22ClN/c1-3-14-9-11-15(12-10-14)18(4-2)20-13-16-7-5-6-8-17(16)19/h5-12,18,20H,3-4,13H2,1-2H3. The minimum atomic E-state index is 0.372. The summed E-state index contributed by atoms with van der Waals surface area (Å²) in [5.74, 6) is 0. The summed E-state index contributed by atoms with van der Waals surface area (Å²) in [6.07, 6.45) is 2.15. The maximum atomic E-state index is 6.20. The zero-order valence-corrected chi connectivity index (χ0v) is 13.0. The topological polar surface area (TPSA) is 12.0 Å². The highest BCUT2D eigenvalue weighted by Crippen LogP contribution is 2.20. The Kier molecular flexibility index (Phi) is 5.63. The fraction of sp³-hybridized carbons (Fsp3) is 0.333. The lowest BCUT2D eigenvalue weighted by Gasteiger charge is -2.18. The molecule has 0 aliphatic rings.